The molecule has 1 aromatic carbocycles. The van der Waals surface area contributed by atoms with Gasteiger partial charge in [-0.15, -0.1) is 0 Å². The predicted octanol–water partition coefficient (Wildman–Crippen LogP) is 2.99. The molecule has 31 heavy (non-hydrogen) atoms. The lowest BCUT2D eigenvalue weighted by atomic mass is 10.0. The van der Waals surface area contributed by atoms with Crippen molar-refractivity contribution in [1.82, 2.24) is 19.2 Å². The minimum Gasteiger partial charge on any atom is -0.346 e. The third kappa shape index (κ3) is 4.56. The Hall–Kier alpha value is -2.55. The van der Waals surface area contributed by atoms with Crippen LogP contribution in [0, 0.1) is 5.92 Å². The van der Waals surface area contributed by atoms with E-state index < -0.39 is 11.0 Å². The summed E-state index contributed by atoms with van der Waals surface area (Å²) in [5.74, 6) is 0.798. The van der Waals surface area contributed by atoms with Gasteiger partial charge in [-0.25, -0.2) is 13.5 Å². The molecule has 2 aromatic heterocycles. The van der Waals surface area contributed by atoms with Crippen LogP contribution in [0.5, 0.6) is 0 Å². The van der Waals surface area contributed by atoms with Gasteiger partial charge in [0.25, 0.3) is 0 Å². The number of rotatable bonds is 6. The molecule has 2 aliphatic rings. The van der Waals surface area contributed by atoms with Crippen LogP contribution in [0.15, 0.2) is 42.6 Å². The van der Waals surface area contributed by atoms with Crippen LogP contribution in [0.4, 0.5) is 5.82 Å². The number of aromatic nitrogens is 2. The van der Waals surface area contributed by atoms with E-state index in [0.29, 0.717) is 5.82 Å². The Kier molecular flexibility index (Phi) is 5.60. The zero-order chi connectivity index (χ0) is 21.4. The van der Waals surface area contributed by atoms with Gasteiger partial charge in [0, 0.05) is 56.5 Å². The van der Waals surface area contributed by atoms with Gasteiger partial charge in [-0.2, -0.15) is 0 Å². The van der Waals surface area contributed by atoms with Crippen LogP contribution < -0.4 is 5.32 Å². The number of carbonyl (C=O) groups is 1. The van der Waals surface area contributed by atoms with E-state index in [1.807, 2.05) is 22.6 Å². The monoisotopic (exact) mass is 437 g/mol. The Morgan fingerprint density at radius 1 is 1.16 bits per heavy atom. The van der Waals surface area contributed by atoms with Crippen LogP contribution in [-0.2, 0) is 22.3 Å². The second-order valence-electron chi connectivity index (χ2n) is 8.38. The van der Waals surface area contributed by atoms with Crippen molar-refractivity contribution in [2.75, 3.05) is 37.8 Å². The van der Waals surface area contributed by atoms with Crippen molar-refractivity contribution < 1.29 is 9.00 Å². The largest absolute Gasteiger partial charge is 0.346 e. The topological polar surface area (TPSA) is 81.3 Å². The van der Waals surface area contributed by atoms with E-state index in [1.165, 1.54) is 5.56 Å². The SMILES string of the molecule is CS(=O)N1CCN(Cc2ccc(-c3cc(NC(=O)C4CC4)nc4[nH]ccc34)cc2)CC1. The number of nitrogens with zero attached hydrogens (tertiary/aromatic N) is 3. The fourth-order valence-electron chi connectivity index (χ4n) is 4.11. The number of hydrogen-bond acceptors (Lipinski definition) is 4. The van der Waals surface area contributed by atoms with Crippen LogP contribution in [0.2, 0.25) is 0 Å². The molecule has 1 saturated carbocycles. The fraction of sp³-hybridized carbons (Fsp3) is 0.391. The van der Waals surface area contributed by atoms with Crippen LogP contribution >= 0.6 is 0 Å². The molecule has 1 atom stereocenters. The number of aromatic amines is 1. The highest BCUT2D eigenvalue weighted by molar-refractivity contribution is 7.81. The molecular weight excluding hydrogens is 410 g/mol. The first-order valence-corrected chi connectivity index (χ1v) is 12.3. The smallest absolute Gasteiger partial charge is 0.228 e. The average molecular weight is 438 g/mol. The minimum absolute atomic E-state index is 0.0618. The van der Waals surface area contributed by atoms with E-state index >= 15 is 0 Å². The average Bonchev–Trinajstić information content (AvgIpc) is 3.52. The van der Waals surface area contributed by atoms with Gasteiger partial charge in [-0.1, -0.05) is 24.3 Å². The molecule has 1 aliphatic carbocycles. The Balaban J connectivity index is 1.32. The number of anilines is 1. The summed E-state index contributed by atoms with van der Waals surface area (Å²) < 4.78 is 13.6. The number of nitrogens with one attached hydrogen (secondary N) is 2. The molecule has 5 rings (SSSR count). The second kappa shape index (κ2) is 8.53. The predicted molar refractivity (Wildman–Crippen MR) is 124 cm³/mol. The number of carbonyl (C=O) groups excluding carboxylic acids is 1. The molecular formula is C23H27N5O2S. The van der Waals surface area contributed by atoms with E-state index in [4.69, 9.17) is 0 Å². The first kappa shape index (κ1) is 20.4. The molecule has 2 fully saturated rings. The molecule has 0 spiro atoms. The van der Waals surface area contributed by atoms with Gasteiger partial charge < -0.3 is 10.3 Å². The van der Waals surface area contributed by atoms with E-state index in [2.05, 4.69) is 44.5 Å². The Bertz CT molecular complexity index is 1110. The van der Waals surface area contributed by atoms with Crippen molar-refractivity contribution in [2.45, 2.75) is 19.4 Å². The van der Waals surface area contributed by atoms with Crippen molar-refractivity contribution in [3.63, 3.8) is 0 Å². The number of piperazine rings is 1. The zero-order valence-corrected chi connectivity index (χ0v) is 18.5. The van der Waals surface area contributed by atoms with Crippen LogP contribution in [0.3, 0.4) is 0 Å². The summed E-state index contributed by atoms with van der Waals surface area (Å²) in [4.78, 5) is 22.3. The lowest BCUT2D eigenvalue weighted by Crippen LogP contribution is -2.46. The fourth-order valence-corrected chi connectivity index (χ4v) is 4.78. The number of pyridine rings is 1. The molecule has 1 unspecified atom stereocenters. The lowest BCUT2D eigenvalue weighted by Gasteiger charge is -2.33. The van der Waals surface area contributed by atoms with E-state index in [9.17, 15) is 9.00 Å². The zero-order valence-electron chi connectivity index (χ0n) is 17.6. The van der Waals surface area contributed by atoms with Crippen molar-refractivity contribution in [2.24, 2.45) is 5.92 Å². The molecule has 162 valence electrons. The highest BCUT2D eigenvalue weighted by Crippen LogP contribution is 2.33. The number of H-pyrrole nitrogens is 1. The standard InChI is InChI=1S/C23H27N5O2S/c1-31(30)28-12-10-27(11-13-28)15-16-2-4-17(5-3-16)20-14-21(26-23(29)18-6-7-18)25-22-19(20)8-9-24-22/h2-5,8-9,14,18H,6-7,10-13,15H2,1H3,(H2,24,25,26,29). The maximum atomic E-state index is 12.2. The maximum Gasteiger partial charge on any atom is 0.228 e. The van der Waals surface area contributed by atoms with Gasteiger partial charge in [0.15, 0.2) is 0 Å². The molecule has 8 heteroatoms. The van der Waals surface area contributed by atoms with Crippen molar-refractivity contribution in [3.05, 3.63) is 48.2 Å². The van der Waals surface area contributed by atoms with Gasteiger partial charge >= 0.3 is 0 Å². The number of amides is 1. The van der Waals surface area contributed by atoms with Crippen LogP contribution in [-0.4, -0.2) is 61.7 Å². The Labute approximate surface area is 184 Å². The van der Waals surface area contributed by atoms with Crippen molar-refractivity contribution >= 4 is 33.7 Å². The molecule has 3 aromatic rings. The molecule has 0 bridgehead atoms. The first-order chi connectivity index (χ1) is 15.1. The number of hydrogen-bond donors (Lipinski definition) is 2. The summed E-state index contributed by atoms with van der Waals surface area (Å²) in [7, 11) is -0.878. The van der Waals surface area contributed by atoms with E-state index in [-0.39, 0.29) is 11.8 Å². The molecule has 2 N–H and O–H groups in total. The number of benzene rings is 1. The van der Waals surface area contributed by atoms with Crippen LogP contribution in [0.1, 0.15) is 18.4 Å². The molecule has 1 amide bonds. The van der Waals surface area contributed by atoms with Gasteiger partial charge in [0.1, 0.15) is 11.5 Å². The summed E-state index contributed by atoms with van der Waals surface area (Å²) in [6.07, 6.45) is 5.56. The van der Waals surface area contributed by atoms with Crippen molar-refractivity contribution in [1.29, 1.82) is 0 Å². The third-order valence-corrected chi connectivity index (χ3v) is 7.19. The van der Waals surface area contributed by atoms with Gasteiger partial charge in [0.05, 0.1) is 11.0 Å². The Morgan fingerprint density at radius 3 is 2.58 bits per heavy atom. The van der Waals surface area contributed by atoms with Crippen molar-refractivity contribution in [3.8, 4) is 11.1 Å². The normalized spacial score (nSPS) is 18.9. The molecule has 1 saturated heterocycles. The highest BCUT2D eigenvalue weighted by atomic mass is 32.2. The first-order valence-electron chi connectivity index (χ1n) is 10.8. The van der Waals surface area contributed by atoms with Gasteiger partial charge in [-0.3, -0.25) is 9.69 Å². The summed E-state index contributed by atoms with van der Waals surface area (Å²) in [5.41, 5.74) is 4.20. The summed E-state index contributed by atoms with van der Waals surface area (Å²) in [6, 6.07) is 12.6. The Morgan fingerprint density at radius 2 is 1.90 bits per heavy atom. The quantitative estimate of drug-likeness (QED) is 0.621. The second-order valence-corrected chi connectivity index (χ2v) is 9.75. The van der Waals surface area contributed by atoms with Gasteiger partial charge in [-0.05, 0) is 41.7 Å². The van der Waals surface area contributed by atoms with Gasteiger partial charge in [0.2, 0.25) is 5.91 Å². The summed E-state index contributed by atoms with van der Waals surface area (Å²) >= 11 is 0. The summed E-state index contributed by atoms with van der Waals surface area (Å²) in [5, 5.41) is 4.01. The molecule has 7 nitrogen and oxygen atoms in total. The minimum atomic E-state index is -0.878. The van der Waals surface area contributed by atoms with E-state index in [0.717, 1.165) is 67.7 Å². The molecule has 3 heterocycles. The molecule has 1 aliphatic heterocycles. The van der Waals surface area contributed by atoms with Crippen LogP contribution in [0.25, 0.3) is 22.2 Å². The number of fused-ring (bicyclic) bond motifs is 1. The maximum absolute atomic E-state index is 12.2. The van der Waals surface area contributed by atoms with E-state index in [1.54, 1.807) is 6.26 Å². The molecule has 0 radical (unpaired) electrons. The summed E-state index contributed by atoms with van der Waals surface area (Å²) in [6.45, 7) is 4.45. The highest BCUT2D eigenvalue weighted by Gasteiger charge is 2.30. The lowest BCUT2D eigenvalue weighted by molar-refractivity contribution is -0.117. The third-order valence-electron chi connectivity index (χ3n) is 6.09.